The molecule has 1 heterocycles. The maximum Gasteiger partial charge on any atom is 0.338 e. The predicted octanol–water partition coefficient (Wildman–Crippen LogP) is 3.61. The summed E-state index contributed by atoms with van der Waals surface area (Å²) in [5.74, 6) is -5.11. The summed E-state index contributed by atoms with van der Waals surface area (Å²) in [6, 6.07) is 17.0. The molecule has 0 radical (unpaired) electrons. The highest BCUT2D eigenvalue weighted by Gasteiger charge is 2.87. The summed E-state index contributed by atoms with van der Waals surface area (Å²) in [7, 11) is 0. The Morgan fingerprint density at radius 2 is 1.54 bits per heavy atom. The quantitative estimate of drug-likeness (QED) is 0.258. The first-order valence-corrected chi connectivity index (χ1v) is 15.1. The van der Waals surface area contributed by atoms with E-state index in [4.69, 9.17) is 23.7 Å². The topological polar surface area (TPSA) is 152 Å². The number of hydrogen-bond acceptors (Lipinski definition) is 11. The number of aliphatic hydroxyl groups is 1. The molecule has 5 rings (SSSR count). The van der Waals surface area contributed by atoms with Gasteiger partial charge in [0.25, 0.3) is 0 Å². The summed E-state index contributed by atoms with van der Waals surface area (Å²) in [5.41, 5.74) is -6.53. The standard InChI is InChI=1S/C35H38O11/c1-21(36)42-20-34-25(44-26(38)17-16-23-12-8-6-9-13-23)18-19-33(5,41)35(34)29(43-22(2)37)27(32(3,4)46-35)28(39)30(34)45-31(40)24-14-10-7-11-15-24/h6-17,25,27,29-30,41H,18-20H2,1-5H3/b17-16+/t25-,27+,29-,30+,33-,34+,35-/m0/s1. The molecule has 11 heteroatoms. The van der Waals surface area contributed by atoms with Crippen molar-refractivity contribution in [1.82, 2.24) is 0 Å². The van der Waals surface area contributed by atoms with Crippen LogP contribution >= 0.6 is 0 Å². The van der Waals surface area contributed by atoms with Crippen molar-refractivity contribution in [2.24, 2.45) is 11.3 Å². The predicted molar refractivity (Wildman–Crippen MR) is 162 cm³/mol. The number of fused-ring (bicyclic) bond motifs is 1. The molecule has 11 nitrogen and oxygen atoms in total. The van der Waals surface area contributed by atoms with Crippen LogP contribution in [0.5, 0.6) is 0 Å². The van der Waals surface area contributed by atoms with E-state index in [0.29, 0.717) is 0 Å². The van der Waals surface area contributed by atoms with Crippen LogP contribution in [0.3, 0.4) is 0 Å². The minimum atomic E-state index is -2.07. The molecule has 1 saturated heterocycles. The number of rotatable bonds is 8. The molecule has 244 valence electrons. The maximum atomic E-state index is 14.7. The van der Waals surface area contributed by atoms with Crippen LogP contribution in [0, 0.1) is 11.3 Å². The van der Waals surface area contributed by atoms with Crippen LogP contribution in [0.2, 0.25) is 0 Å². The summed E-state index contributed by atoms with van der Waals surface area (Å²) >= 11 is 0. The number of carbonyl (C=O) groups excluding carboxylic acids is 5. The highest BCUT2D eigenvalue weighted by molar-refractivity contribution is 5.96. The van der Waals surface area contributed by atoms with Crippen molar-refractivity contribution >= 4 is 35.7 Å². The Morgan fingerprint density at radius 3 is 2.15 bits per heavy atom. The maximum absolute atomic E-state index is 14.7. The molecule has 7 atom stereocenters. The number of ether oxygens (including phenoxy) is 5. The Balaban J connectivity index is 1.72. The van der Waals surface area contributed by atoms with Gasteiger partial charge in [-0.15, -0.1) is 0 Å². The Hall–Kier alpha value is -4.35. The van der Waals surface area contributed by atoms with Gasteiger partial charge < -0.3 is 28.8 Å². The molecule has 2 bridgehead atoms. The Kier molecular flexibility index (Phi) is 8.69. The molecule has 1 spiro atoms. The second kappa shape index (κ2) is 12.1. The Labute approximate surface area is 266 Å². The molecular weight excluding hydrogens is 596 g/mol. The lowest BCUT2D eigenvalue weighted by Gasteiger charge is -2.64. The van der Waals surface area contributed by atoms with Crippen LogP contribution in [0.25, 0.3) is 6.08 Å². The van der Waals surface area contributed by atoms with Gasteiger partial charge in [0.1, 0.15) is 24.2 Å². The van der Waals surface area contributed by atoms with Gasteiger partial charge in [-0.3, -0.25) is 14.4 Å². The van der Waals surface area contributed by atoms with E-state index < -0.39 is 82.7 Å². The normalized spacial score (nSPS) is 32.7. The molecule has 3 fully saturated rings. The molecule has 2 aromatic carbocycles. The van der Waals surface area contributed by atoms with Gasteiger partial charge in [0.05, 0.1) is 22.7 Å². The SMILES string of the molecule is CC(=O)OC[C@]12[C@@H](OC(=O)/C=C/c3ccccc3)CC[C@](C)(O)[C@]13OC(C)(C)[C@H](C(=O)[C@H]2OC(=O)c1ccccc1)[C@@H]3OC(C)=O. The first kappa shape index (κ1) is 33.0. The fourth-order valence-electron chi connectivity index (χ4n) is 7.59. The lowest BCUT2D eigenvalue weighted by atomic mass is 9.46. The molecule has 1 aliphatic heterocycles. The van der Waals surface area contributed by atoms with Gasteiger partial charge in [0, 0.05) is 19.9 Å². The largest absolute Gasteiger partial charge is 0.465 e. The third-order valence-corrected chi connectivity index (χ3v) is 9.38. The number of carbonyl (C=O) groups is 5. The zero-order valence-corrected chi connectivity index (χ0v) is 26.4. The number of ketones is 1. The van der Waals surface area contributed by atoms with E-state index in [2.05, 4.69) is 0 Å². The molecule has 3 aliphatic rings. The van der Waals surface area contributed by atoms with Crippen LogP contribution < -0.4 is 0 Å². The van der Waals surface area contributed by atoms with Crippen molar-refractivity contribution in [2.45, 2.75) is 82.6 Å². The molecule has 46 heavy (non-hydrogen) atoms. The van der Waals surface area contributed by atoms with Crippen LogP contribution in [0.1, 0.15) is 63.4 Å². The van der Waals surface area contributed by atoms with Gasteiger partial charge in [-0.1, -0.05) is 48.5 Å². The van der Waals surface area contributed by atoms with Crippen LogP contribution in [-0.4, -0.2) is 76.5 Å². The fraction of sp³-hybridized carbons (Fsp3) is 0.457. The highest BCUT2D eigenvalue weighted by Crippen LogP contribution is 2.68. The van der Waals surface area contributed by atoms with Gasteiger partial charge in [-0.2, -0.15) is 0 Å². The van der Waals surface area contributed by atoms with E-state index >= 15 is 0 Å². The second-order valence-electron chi connectivity index (χ2n) is 12.8. The van der Waals surface area contributed by atoms with Crippen molar-refractivity contribution in [3.8, 4) is 0 Å². The molecule has 2 aromatic rings. The molecule has 0 unspecified atom stereocenters. The minimum absolute atomic E-state index is 0.0384. The first-order valence-electron chi connectivity index (χ1n) is 15.1. The van der Waals surface area contributed by atoms with Gasteiger partial charge in [-0.25, -0.2) is 9.59 Å². The average Bonchev–Trinajstić information content (AvgIpc) is 3.21. The van der Waals surface area contributed by atoms with Gasteiger partial charge in [0.2, 0.25) is 0 Å². The van der Waals surface area contributed by atoms with E-state index in [1.165, 1.54) is 25.1 Å². The van der Waals surface area contributed by atoms with Gasteiger partial charge in [-0.05, 0) is 57.4 Å². The highest BCUT2D eigenvalue weighted by atomic mass is 16.6. The molecular formula is C35H38O11. The number of hydrogen-bond donors (Lipinski definition) is 1. The molecule has 2 aliphatic carbocycles. The number of benzene rings is 2. The summed E-state index contributed by atoms with van der Waals surface area (Å²) in [5, 5.41) is 12.3. The zero-order chi connectivity index (χ0) is 33.5. The number of Topliss-reactive ketones (excluding diaryl/α,β-unsaturated/α-hetero) is 1. The lowest BCUT2D eigenvalue weighted by Crippen LogP contribution is -2.82. The molecule has 1 N–H and O–H groups in total. The smallest absolute Gasteiger partial charge is 0.338 e. The van der Waals surface area contributed by atoms with Crippen molar-refractivity contribution in [1.29, 1.82) is 0 Å². The van der Waals surface area contributed by atoms with E-state index in [1.807, 2.05) is 6.07 Å². The van der Waals surface area contributed by atoms with Crippen LogP contribution in [0.15, 0.2) is 66.7 Å². The third kappa shape index (κ3) is 5.41. The van der Waals surface area contributed by atoms with Crippen LogP contribution in [-0.2, 0) is 42.9 Å². The van der Waals surface area contributed by atoms with Crippen molar-refractivity contribution in [3.05, 3.63) is 77.9 Å². The molecule has 0 aromatic heterocycles. The monoisotopic (exact) mass is 634 g/mol. The van der Waals surface area contributed by atoms with Crippen molar-refractivity contribution in [2.75, 3.05) is 6.61 Å². The third-order valence-electron chi connectivity index (χ3n) is 9.38. The summed E-state index contributed by atoms with van der Waals surface area (Å²) in [4.78, 5) is 66.7. The fourth-order valence-corrected chi connectivity index (χ4v) is 7.59. The lowest BCUT2D eigenvalue weighted by molar-refractivity contribution is -0.334. The van der Waals surface area contributed by atoms with E-state index in [-0.39, 0.29) is 18.4 Å². The van der Waals surface area contributed by atoms with Crippen molar-refractivity contribution < 1.29 is 52.8 Å². The Morgan fingerprint density at radius 1 is 0.913 bits per heavy atom. The summed E-state index contributed by atoms with van der Waals surface area (Å²) < 4.78 is 30.2. The van der Waals surface area contributed by atoms with Gasteiger partial charge in [0.15, 0.2) is 17.5 Å². The van der Waals surface area contributed by atoms with Crippen molar-refractivity contribution in [3.63, 3.8) is 0 Å². The first-order chi connectivity index (χ1) is 21.7. The second-order valence-corrected chi connectivity index (χ2v) is 12.8. The number of esters is 4. The van der Waals surface area contributed by atoms with Gasteiger partial charge >= 0.3 is 23.9 Å². The molecule has 0 amide bonds. The minimum Gasteiger partial charge on any atom is -0.465 e. The molecule has 2 saturated carbocycles. The van der Waals surface area contributed by atoms with E-state index in [9.17, 15) is 29.1 Å². The summed E-state index contributed by atoms with van der Waals surface area (Å²) in [6.45, 7) is 6.29. The average molecular weight is 635 g/mol. The van der Waals surface area contributed by atoms with E-state index in [0.717, 1.165) is 19.4 Å². The summed E-state index contributed by atoms with van der Waals surface area (Å²) in [6.07, 6.45) is -1.85. The Bertz CT molecular complexity index is 1550. The van der Waals surface area contributed by atoms with E-state index in [1.54, 1.807) is 62.4 Å². The van der Waals surface area contributed by atoms with Crippen LogP contribution in [0.4, 0.5) is 0 Å². The zero-order valence-electron chi connectivity index (χ0n) is 26.4.